The zero-order valence-corrected chi connectivity index (χ0v) is 14.3. The summed E-state index contributed by atoms with van der Waals surface area (Å²) in [5.41, 5.74) is 1.19. The van der Waals surface area contributed by atoms with Gasteiger partial charge in [0.05, 0.1) is 0 Å². The fourth-order valence-corrected chi connectivity index (χ4v) is 2.91. The van der Waals surface area contributed by atoms with Gasteiger partial charge in [0.15, 0.2) is 0 Å². The molecule has 0 amide bonds. The molecule has 110 valence electrons. The Morgan fingerprint density at radius 3 is 2.62 bits per heavy atom. The van der Waals surface area contributed by atoms with Crippen molar-refractivity contribution in [2.24, 2.45) is 0 Å². The first-order chi connectivity index (χ1) is 10.2. The van der Waals surface area contributed by atoms with Gasteiger partial charge in [-0.3, -0.25) is 0 Å². The molecule has 0 aliphatic heterocycles. The number of benzene rings is 2. The molecule has 2 nitrogen and oxygen atoms in total. The van der Waals surface area contributed by atoms with Crippen molar-refractivity contribution in [2.45, 2.75) is 30.3 Å². The molecule has 3 rings (SSSR count). The van der Waals surface area contributed by atoms with Crippen LogP contribution in [0.3, 0.4) is 0 Å². The van der Waals surface area contributed by atoms with Gasteiger partial charge in [-0.2, -0.15) is 0 Å². The van der Waals surface area contributed by atoms with Crippen LogP contribution in [0.1, 0.15) is 18.4 Å². The van der Waals surface area contributed by atoms with Crippen molar-refractivity contribution in [3.63, 3.8) is 0 Å². The Bertz CT molecular complexity index is 611. The lowest BCUT2D eigenvalue weighted by molar-refractivity contribution is 0.472. The molecular weight excluding hydrogens is 346 g/mol. The average Bonchev–Trinajstić information content (AvgIpc) is 3.32. The average molecular weight is 364 g/mol. The Balaban J connectivity index is 1.75. The van der Waals surface area contributed by atoms with E-state index in [4.69, 9.17) is 4.74 Å². The molecule has 0 unspecified atom stereocenters. The first kappa shape index (κ1) is 14.9. The van der Waals surface area contributed by atoms with Gasteiger partial charge in [-0.1, -0.05) is 15.9 Å². The van der Waals surface area contributed by atoms with Crippen molar-refractivity contribution in [1.29, 1.82) is 0 Å². The number of hydrogen-bond donors (Lipinski definition) is 1. The molecule has 4 heteroatoms. The molecule has 0 radical (unpaired) electrons. The monoisotopic (exact) mass is 363 g/mol. The van der Waals surface area contributed by atoms with Crippen molar-refractivity contribution in [3.8, 4) is 11.5 Å². The minimum atomic E-state index is 0.692. The van der Waals surface area contributed by atoms with Crippen LogP contribution in [0.15, 0.2) is 51.8 Å². The zero-order chi connectivity index (χ0) is 14.7. The lowest BCUT2D eigenvalue weighted by Gasteiger charge is -2.12. The maximum absolute atomic E-state index is 6.05. The summed E-state index contributed by atoms with van der Waals surface area (Å²) in [5, 5.41) is 3.54. The van der Waals surface area contributed by atoms with Crippen LogP contribution in [-0.2, 0) is 6.54 Å². The van der Waals surface area contributed by atoms with E-state index in [1.54, 1.807) is 11.8 Å². The van der Waals surface area contributed by atoms with Gasteiger partial charge in [-0.15, -0.1) is 11.8 Å². The minimum absolute atomic E-state index is 0.692. The first-order valence-electron chi connectivity index (χ1n) is 7.08. The van der Waals surface area contributed by atoms with E-state index in [0.29, 0.717) is 6.04 Å². The fourth-order valence-electron chi connectivity index (χ4n) is 2.10. The van der Waals surface area contributed by atoms with Crippen LogP contribution in [0.5, 0.6) is 11.5 Å². The van der Waals surface area contributed by atoms with E-state index in [9.17, 15) is 0 Å². The SMILES string of the molecule is CSc1ccc(Oc2ccc(Br)cc2CNC2CC2)cc1. The largest absolute Gasteiger partial charge is 0.457 e. The summed E-state index contributed by atoms with van der Waals surface area (Å²) in [6.45, 7) is 0.850. The molecule has 0 atom stereocenters. The third-order valence-electron chi connectivity index (χ3n) is 3.47. The Morgan fingerprint density at radius 1 is 1.19 bits per heavy atom. The van der Waals surface area contributed by atoms with Crippen molar-refractivity contribution < 1.29 is 4.74 Å². The van der Waals surface area contributed by atoms with Gasteiger partial charge < -0.3 is 10.1 Å². The highest BCUT2D eigenvalue weighted by Gasteiger charge is 2.20. The first-order valence-corrected chi connectivity index (χ1v) is 9.10. The van der Waals surface area contributed by atoms with Crippen molar-refractivity contribution in [2.75, 3.05) is 6.26 Å². The predicted molar refractivity (Wildman–Crippen MR) is 92.3 cm³/mol. The highest BCUT2D eigenvalue weighted by Crippen LogP contribution is 2.30. The maximum Gasteiger partial charge on any atom is 0.131 e. The highest BCUT2D eigenvalue weighted by molar-refractivity contribution is 9.10. The van der Waals surface area contributed by atoms with Gasteiger partial charge in [0.25, 0.3) is 0 Å². The number of thioether (sulfide) groups is 1. The van der Waals surface area contributed by atoms with E-state index >= 15 is 0 Å². The number of ether oxygens (including phenoxy) is 1. The fraction of sp³-hybridized carbons (Fsp3) is 0.294. The second-order valence-electron chi connectivity index (χ2n) is 5.18. The number of halogens is 1. The molecule has 1 aliphatic rings. The Morgan fingerprint density at radius 2 is 1.95 bits per heavy atom. The number of rotatable bonds is 6. The molecule has 1 N–H and O–H groups in total. The van der Waals surface area contributed by atoms with E-state index in [1.165, 1.54) is 23.3 Å². The third-order valence-corrected chi connectivity index (χ3v) is 4.71. The molecule has 1 fully saturated rings. The van der Waals surface area contributed by atoms with E-state index in [-0.39, 0.29) is 0 Å². The molecule has 21 heavy (non-hydrogen) atoms. The van der Waals surface area contributed by atoms with Crippen LogP contribution in [0.2, 0.25) is 0 Å². The van der Waals surface area contributed by atoms with E-state index < -0.39 is 0 Å². The summed E-state index contributed by atoms with van der Waals surface area (Å²) >= 11 is 5.27. The zero-order valence-electron chi connectivity index (χ0n) is 11.9. The van der Waals surface area contributed by atoms with Crippen LogP contribution < -0.4 is 10.1 Å². The lowest BCUT2D eigenvalue weighted by Crippen LogP contribution is -2.15. The van der Waals surface area contributed by atoms with Gasteiger partial charge in [0.2, 0.25) is 0 Å². The van der Waals surface area contributed by atoms with Crippen molar-refractivity contribution in [1.82, 2.24) is 5.32 Å². The van der Waals surface area contributed by atoms with Crippen molar-refractivity contribution in [3.05, 3.63) is 52.5 Å². The summed E-state index contributed by atoms with van der Waals surface area (Å²) in [6, 6.07) is 15.1. The molecule has 2 aromatic carbocycles. The van der Waals surface area contributed by atoms with E-state index in [2.05, 4.69) is 45.7 Å². The van der Waals surface area contributed by atoms with E-state index in [0.717, 1.165) is 22.5 Å². The second kappa shape index (κ2) is 6.86. The molecule has 0 aromatic heterocycles. The summed E-state index contributed by atoms with van der Waals surface area (Å²) in [4.78, 5) is 1.24. The maximum atomic E-state index is 6.05. The summed E-state index contributed by atoms with van der Waals surface area (Å²) < 4.78 is 7.13. The second-order valence-corrected chi connectivity index (χ2v) is 6.98. The Labute approximate surface area is 138 Å². The lowest BCUT2D eigenvalue weighted by atomic mass is 10.2. The van der Waals surface area contributed by atoms with Crippen LogP contribution in [-0.4, -0.2) is 12.3 Å². The topological polar surface area (TPSA) is 21.3 Å². The van der Waals surface area contributed by atoms with Crippen LogP contribution >= 0.6 is 27.7 Å². The molecule has 2 aromatic rings. The molecule has 0 bridgehead atoms. The molecule has 0 spiro atoms. The van der Waals surface area contributed by atoms with Crippen LogP contribution in [0, 0.1) is 0 Å². The van der Waals surface area contributed by atoms with Gasteiger partial charge in [-0.25, -0.2) is 0 Å². The molecule has 0 heterocycles. The van der Waals surface area contributed by atoms with Gasteiger partial charge in [-0.05, 0) is 61.6 Å². The summed E-state index contributed by atoms with van der Waals surface area (Å²) in [5.74, 6) is 1.80. The smallest absolute Gasteiger partial charge is 0.131 e. The van der Waals surface area contributed by atoms with Gasteiger partial charge >= 0.3 is 0 Å². The highest BCUT2D eigenvalue weighted by atomic mass is 79.9. The molecular formula is C17H18BrNOS. The van der Waals surface area contributed by atoms with Gasteiger partial charge in [0, 0.05) is 27.5 Å². The standard InChI is InChI=1S/C17H18BrNOS/c1-21-16-7-5-15(6-8-16)20-17-9-2-13(18)10-12(17)11-19-14-3-4-14/h2,5-10,14,19H,3-4,11H2,1H3. The molecule has 1 saturated carbocycles. The normalized spacial score (nSPS) is 14.2. The third kappa shape index (κ3) is 4.25. The Kier molecular flexibility index (Phi) is 4.88. The van der Waals surface area contributed by atoms with E-state index in [1.807, 2.05) is 24.3 Å². The summed E-state index contributed by atoms with van der Waals surface area (Å²) in [6.07, 6.45) is 4.66. The predicted octanol–water partition coefficient (Wildman–Crippen LogP) is 5.22. The molecule has 0 saturated heterocycles. The molecule has 1 aliphatic carbocycles. The van der Waals surface area contributed by atoms with Crippen molar-refractivity contribution >= 4 is 27.7 Å². The van der Waals surface area contributed by atoms with Crippen LogP contribution in [0.4, 0.5) is 0 Å². The number of nitrogens with one attached hydrogen (secondary N) is 1. The number of hydrogen-bond acceptors (Lipinski definition) is 3. The summed E-state index contributed by atoms with van der Waals surface area (Å²) in [7, 11) is 0. The van der Waals surface area contributed by atoms with Gasteiger partial charge in [0.1, 0.15) is 11.5 Å². The van der Waals surface area contributed by atoms with Crippen LogP contribution in [0.25, 0.3) is 0 Å². The minimum Gasteiger partial charge on any atom is -0.457 e. The quantitative estimate of drug-likeness (QED) is 0.711. The Hall–Kier alpha value is -0.970.